The molecular weight excluding hydrogens is 346 g/mol. The predicted octanol–water partition coefficient (Wildman–Crippen LogP) is 4.44. The lowest BCUT2D eigenvalue weighted by Gasteiger charge is -2.29. The van der Waals surface area contributed by atoms with E-state index < -0.39 is 0 Å². The molecular formula is C21H21NO3S. The van der Waals surface area contributed by atoms with Crippen LogP contribution in [0, 0.1) is 13.8 Å². The Kier molecular flexibility index (Phi) is 5.38. The molecule has 1 aliphatic heterocycles. The maximum atomic E-state index is 12.8. The molecule has 5 heteroatoms. The SMILES string of the molecule is COc1cc(/C=C/C(=O)N2C(=O)C=CCC2c2cccs2)cc(C)c1C. The molecule has 0 bridgehead atoms. The molecule has 0 aliphatic carbocycles. The Morgan fingerprint density at radius 3 is 2.85 bits per heavy atom. The first-order chi connectivity index (χ1) is 12.5. The molecule has 1 aromatic carbocycles. The van der Waals surface area contributed by atoms with Crippen LogP contribution in [0.15, 0.2) is 47.9 Å². The number of nitrogens with zero attached hydrogens (tertiary/aromatic N) is 1. The van der Waals surface area contributed by atoms with Gasteiger partial charge >= 0.3 is 0 Å². The normalized spacial score (nSPS) is 17.1. The zero-order valence-corrected chi connectivity index (χ0v) is 15.9. The quantitative estimate of drug-likeness (QED) is 0.751. The molecule has 2 heterocycles. The molecule has 0 saturated carbocycles. The van der Waals surface area contributed by atoms with Crippen molar-refractivity contribution in [3.05, 3.63) is 69.4 Å². The summed E-state index contributed by atoms with van der Waals surface area (Å²) in [5, 5.41) is 1.96. The average molecular weight is 367 g/mol. The largest absolute Gasteiger partial charge is 0.496 e. The number of hydrogen-bond donors (Lipinski definition) is 0. The number of thiophene rings is 1. The Morgan fingerprint density at radius 1 is 1.35 bits per heavy atom. The summed E-state index contributed by atoms with van der Waals surface area (Å²) in [6.07, 6.45) is 7.13. The Hall–Kier alpha value is -2.66. The van der Waals surface area contributed by atoms with Crippen molar-refractivity contribution in [1.82, 2.24) is 4.90 Å². The van der Waals surface area contributed by atoms with Gasteiger partial charge in [-0.05, 0) is 66.6 Å². The first kappa shape index (κ1) is 18.1. The second-order valence-electron chi connectivity index (χ2n) is 6.21. The summed E-state index contributed by atoms with van der Waals surface area (Å²) in [6, 6.07) is 7.54. The van der Waals surface area contributed by atoms with E-state index in [0.29, 0.717) is 6.42 Å². The minimum absolute atomic E-state index is 0.237. The van der Waals surface area contributed by atoms with Gasteiger partial charge in [-0.2, -0.15) is 0 Å². The van der Waals surface area contributed by atoms with E-state index in [0.717, 1.165) is 27.3 Å². The van der Waals surface area contributed by atoms with E-state index in [4.69, 9.17) is 4.74 Å². The lowest BCUT2D eigenvalue weighted by atomic mass is 10.0. The minimum Gasteiger partial charge on any atom is -0.496 e. The topological polar surface area (TPSA) is 46.6 Å². The van der Waals surface area contributed by atoms with Gasteiger partial charge in [-0.3, -0.25) is 14.5 Å². The summed E-state index contributed by atoms with van der Waals surface area (Å²) < 4.78 is 5.38. The summed E-state index contributed by atoms with van der Waals surface area (Å²) in [5.74, 6) is 0.197. The summed E-state index contributed by atoms with van der Waals surface area (Å²) in [4.78, 5) is 27.4. The minimum atomic E-state index is -0.310. The molecule has 1 aliphatic rings. The van der Waals surface area contributed by atoms with E-state index in [9.17, 15) is 9.59 Å². The molecule has 26 heavy (non-hydrogen) atoms. The molecule has 1 unspecified atom stereocenters. The number of rotatable bonds is 4. The number of amides is 2. The maximum Gasteiger partial charge on any atom is 0.254 e. The van der Waals surface area contributed by atoms with E-state index in [1.54, 1.807) is 24.5 Å². The number of imide groups is 1. The van der Waals surface area contributed by atoms with E-state index in [1.807, 2.05) is 49.6 Å². The van der Waals surface area contributed by atoms with Crippen molar-refractivity contribution in [3.63, 3.8) is 0 Å². The number of methoxy groups -OCH3 is 1. The van der Waals surface area contributed by atoms with Crippen molar-refractivity contribution >= 4 is 29.2 Å². The Balaban J connectivity index is 1.86. The van der Waals surface area contributed by atoms with Gasteiger partial charge in [0.2, 0.25) is 0 Å². The second-order valence-corrected chi connectivity index (χ2v) is 7.19. The third kappa shape index (κ3) is 3.63. The van der Waals surface area contributed by atoms with Gasteiger partial charge in [0.25, 0.3) is 11.8 Å². The fourth-order valence-electron chi connectivity index (χ4n) is 3.03. The molecule has 0 saturated heterocycles. The number of benzene rings is 1. The van der Waals surface area contributed by atoms with Crippen LogP contribution in [0.2, 0.25) is 0 Å². The lowest BCUT2D eigenvalue weighted by molar-refractivity contribution is -0.142. The van der Waals surface area contributed by atoms with E-state index in [1.165, 1.54) is 17.1 Å². The van der Waals surface area contributed by atoms with Crippen molar-refractivity contribution in [2.75, 3.05) is 7.11 Å². The molecule has 0 radical (unpaired) electrons. The van der Waals surface area contributed by atoms with Crippen molar-refractivity contribution in [2.24, 2.45) is 0 Å². The monoisotopic (exact) mass is 367 g/mol. The summed E-state index contributed by atoms with van der Waals surface area (Å²) in [7, 11) is 1.63. The molecule has 1 aromatic heterocycles. The molecule has 0 spiro atoms. The summed E-state index contributed by atoms with van der Waals surface area (Å²) in [5.41, 5.74) is 3.03. The van der Waals surface area contributed by atoms with Crippen LogP contribution in [-0.2, 0) is 9.59 Å². The van der Waals surface area contributed by atoms with Crippen LogP contribution in [-0.4, -0.2) is 23.8 Å². The standard InChI is InChI=1S/C21H21NO3S/c1-14-12-16(13-18(25-3)15(14)2)9-10-21(24)22-17(6-4-8-20(22)23)19-7-5-11-26-19/h4-5,7-13,17H,6H2,1-3H3/b10-9+. The number of carbonyl (C=O) groups is 2. The van der Waals surface area contributed by atoms with E-state index >= 15 is 0 Å². The molecule has 0 fully saturated rings. The molecule has 0 N–H and O–H groups in total. The van der Waals surface area contributed by atoms with Gasteiger partial charge in [-0.25, -0.2) is 0 Å². The van der Waals surface area contributed by atoms with Gasteiger partial charge < -0.3 is 4.74 Å². The van der Waals surface area contributed by atoms with Gasteiger partial charge in [0.1, 0.15) is 5.75 Å². The predicted molar refractivity (Wildman–Crippen MR) is 104 cm³/mol. The van der Waals surface area contributed by atoms with Crippen LogP contribution in [0.5, 0.6) is 5.75 Å². The molecule has 2 amide bonds. The van der Waals surface area contributed by atoms with Crippen molar-refractivity contribution < 1.29 is 14.3 Å². The summed E-state index contributed by atoms with van der Waals surface area (Å²) >= 11 is 1.55. The highest BCUT2D eigenvalue weighted by Crippen LogP contribution is 2.32. The van der Waals surface area contributed by atoms with Crippen LogP contribution >= 0.6 is 11.3 Å². The molecule has 2 aromatic rings. The van der Waals surface area contributed by atoms with Crippen LogP contribution in [0.3, 0.4) is 0 Å². The highest BCUT2D eigenvalue weighted by atomic mass is 32.1. The third-order valence-corrected chi connectivity index (χ3v) is 5.53. The van der Waals surface area contributed by atoms with Crippen molar-refractivity contribution in [3.8, 4) is 5.75 Å². The fraction of sp³-hybridized carbons (Fsp3) is 0.238. The summed E-state index contributed by atoms with van der Waals surface area (Å²) in [6.45, 7) is 4.00. The Morgan fingerprint density at radius 2 is 2.15 bits per heavy atom. The Labute approximate surface area is 157 Å². The van der Waals surface area contributed by atoms with Crippen LogP contribution < -0.4 is 4.74 Å². The van der Waals surface area contributed by atoms with E-state index in [-0.39, 0.29) is 17.9 Å². The van der Waals surface area contributed by atoms with Gasteiger partial charge in [0, 0.05) is 11.0 Å². The van der Waals surface area contributed by atoms with E-state index in [2.05, 4.69) is 0 Å². The molecule has 1 atom stereocenters. The first-order valence-electron chi connectivity index (χ1n) is 8.41. The molecule has 134 valence electrons. The first-order valence-corrected chi connectivity index (χ1v) is 9.29. The van der Waals surface area contributed by atoms with Crippen LogP contribution in [0.1, 0.15) is 34.0 Å². The lowest BCUT2D eigenvalue weighted by Crippen LogP contribution is -2.39. The molecule has 3 rings (SSSR count). The van der Waals surface area contributed by atoms with Gasteiger partial charge in [0.05, 0.1) is 13.2 Å². The van der Waals surface area contributed by atoms with Gasteiger partial charge in [0.15, 0.2) is 0 Å². The zero-order valence-electron chi connectivity index (χ0n) is 15.1. The average Bonchev–Trinajstić information content (AvgIpc) is 3.16. The number of ether oxygens (including phenoxy) is 1. The highest BCUT2D eigenvalue weighted by molar-refractivity contribution is 7.10. The van der Waals surface area contributed by atoms with Gasteiger partial charge in [-0.1, -0.05) is 18.2 Å². The van der Waals surface area contributed by atoms with Crippen molar-refractivity contribution in [1.29, 1.82) is 0 Å². The fourth-order valence-corrected chi connectivity index (χ4v) is 3.86. The zero-order chi connectivity index (χ0) is 18.7. The number of carbonyl (C=O) groups excluding carboxylic acids is 2. The molecule has 4 nitrogen and oxygen atoms in total. The van der Waals surface area contributed by atoms with Crippen LogP contribution in [0.25, 0.3) is 6.08 Å². The third-order valence-electron chi connectivity index (χ3n) is 4.56. The Bertz CT molecular complexity index is 881. The maximum absolute atomic E-state index is 12.8. The highest BCUT2D eigenvalue weighted by Gasteiger charge is 2.30. The van der Waals surface area contributed by atoms with Crippen LogP contribution in [0.4, 0.5) is 0 Å². The smallest absolute Gasteiger partial charge is 0.254 e. The number of hydrogen-bond acceptors (Lipinski definition) is 4. The van der Waals surface area contributed by atoms with Crippen molar-refractivity contribution in [2.45, 2.75) is 26.3 Å². The second kappa shape index (κ2) is 7.70. The van der Waals surface area contributed by atoms with Gasteiger partial charge in [-0.15, -0.1) is 11.3 Å². The number of aryl methyl sites for hydroxylation is 1.